The van der Waals surface area contributed by atoms with Crippen molar-refractivity contribution in [1.82, 2.24) is 0 Å². The molecule has 0 heterocycles. The number of rotatable bonds is 2. The molecule has 17 heavy (non-hydrogen) atoms. The zero-order chi connectivity index (χ0) is 12.4. The molecule has 0 aromatic heterocycles. The summed E-state index contributed by atoms with van der Waals surface area (Å²) in [5.41, 5.74) is 8.42. The largest absolute Gasteiger partial charge is 0.320 e. The van der Waals surface area contributed by atoms with Gasteiger partial charge in [0.2, 0.25) is 0 Å². The third-order valence-corrected chi connectivity index (χ3v) is 3.13. The first-order valence-electron chi connectivity index (χ1n) is 5.35. The molecule has 0 radical (unpaired) electrons. The van der Waals surface area contributed by atoms with Crippen molar-refractivity contribution in [3.8, 4) is 0 Å². The van der Waals surface area contributed by atoms with Crippen LogP contribution < -0.4 is 5.73 Å². The molecule has 2 rings (SSSR count). The molecular formula is C14H13ClFN. The third-order valence-electron chi connectivity index (χ3n) is 2.78. The maximum absolute atomic E-state index is 13.2. The predicted molar refractivity (Wildman–Crippen MR) is 68.6 cm³/mol. The second-order valence-corrected chi connectivity index (χ2v) is 4.42. The van der Waals surface area contributed by atoms with Gasteiger partial charge in [-0.2, -0.15) is 0 Å². The van der Waals surface area contributed by atoms with E-state index < -0.39 is 0 Å². The van der Waals surface area contributed by atoms with Crippen molar-refractivity contribution in [3.63, 3.8) is 0 Å². The van der Waals surface area contributed by atoms with Crippen LogP contribution in [0.25, 0.3) is 0 Å². The Morgan fingerprint density at radius 3 is 2.53 bits per heavy atom. The van der Waals surface area contributed by atoms with E-state index in [0.29, 0.717) is 10.6 Å². The van der Waals surface area contributed by atoms with E-state index in [9.17, 15) is 4.39 Å². The minimum Gasteiger partial charge on any atom is -0.320 e. The Balaban J connectivity index is 2.40. The van der Waals surface area contributed by atoms with Crippen LogP contribution >= 0.6 is 11.6 Å². The van der Waals surface area contributed by atoms with E-state index in [1.807, 2.05) is 18.2 Å². The first-order valence-corrected chi connectivity index (χ1v) is 5.73. The molecule has 0 saturated heterocycles. The normalized spacial score (nSPS) is 12.5. The number of halogens is 2. The predicted octanol–water partition coefficient (Wildman–Crippen LogP) is 3.84. The van der Waals surface area contributed by atoms with Crippen LogP contribution in [0.2, 0.25) is 5.02 Å². The molecule has 0 spiro atoms. The number of aryl methyl sites for hydroxylation is 1. The van der Waals surface area contributed by atoms with E-state index in [1.54, 1.807) is 25.1 Å². The number of hydrogen-bond donors (Lipinski definition) is 1. The second kappa shape index (κ2) is 4.86. The highest BCUT2D eigenvalue weighted by molar-refractivity contribution is 6.31. The van der Waals surface area contributed by atoms with Crippen LogP contribution in [0.5, 0.6) is 0 Å². The average Bonchev–Trinajstić information content (AvgIpc) is 2.32. The monoisotopic (exact) mass is 249 g/mol. The SMILES string of the molecule is Cc1cc([C@H](N)c2ccccc2Cl)ccc1F. The molecule has 1 atom stereocenters. The number of hydrogen-bond acceptors (Lipinski definition) is 1. The van der Waals surface area contributed by atoms with E-state index in [1.165, 1.54) is 6.07 Å². The molecule has 1 nitrogen and oxygen atoms in total. The Kier molecular flexibility index (Phi) is 3.46. The fraction of sp³-hybridized carbons (Fsp3) is 0.143. The summed E-state index contributed by atoms with van der Waals surface area (Å²) >= 11 is 6.09. The molecular weight excluding hydrogens is 237 g/mol. The molecule has 2 aromatic carbocycles. The lowest BCUT2D eigenvalue weighted by atomic mass is 9.98. The zero-order valence-electron chi connectivity index (χ0n) is 9.45. The summed E-state index contributed by atoms with van der Waals surface area (Å²) in [7, 11) is 0. The maximum Gasteiger partial charge on any atom is 0.126 e. The molecule has 0 fully saturated rings. The Morgan fingerprint density at radius 2 is 1.88 bits per heavy atom. The van der Waals surface area contributed by atoms with Crippen molar-refractivity contribution >= 4 is 11.6 Å². The lowest BCUT2D eigenvalue weighted by Crippen LogP contribution is -2.12. The molecule has 88 valence electrons. The molecule has 0 aliphatic carbocycles. The molecule has 0 unspecified atom stereocenters. The van der Waals surface area contributed by atoms with Crippen molar-refractivity contribution in [2.24, 2.45) is 5.73 Å². The summed E-state index contributed by atoms with van der Waals surface area (Å²) in [5, 5.41) is 0.627. The Bertz CT molecular complexity index is 539. The van der Waals surface area contributed by atoms with Gasteiger partial charge in [0.05, 0.1) is 6.04 Å². The standard InChI is InChI=1S/C14H13ClFN/c1-9-8-10(6-7-13(9)16)14(17)11-4-2-3-5-12(11)15/h2-8,14H,17H2,1H3/t14-/m0/s1. The van der Waals surface area contributed by atoms with Gasteiger partial charge in [0.25, 0.3) is 0 Å². The zero-order valence-corrected chi connectivity index (χ0v) is 10.2. The lowest BCUT2D eigenvalue weighted by molar-refractivity contribution is 0.617. The van der Waals surface area contributed by atoms with Crippen LogP contribution in [0.1, 0.15) is 22.7 Å². The number of nitrogens with two attached hydrogens (primary N) is 1. The van der Waals surface area contributed by atoms with Gasteiger partial charge in [-0.3, -0.25) is 0 Å². The molecule has 0 saturated carbocycles. The van der Waals surface area contributed by atoms with Crippen LogP contribution in [0.3, 0.4) is 0 Å². The Labute approximate surface area is 105 Å². The maximum atomic E-state index is 13.2. The molecule has 0 aliphatic heterocycles. The molecule has 0 amide bonds. The Morgan fingerprint density at radius 1 is 1.18 bits per heavy atom. The van der Waals surface area contributed by atoms with Crippen LogP contribution in [0, 0.1) is 12.7 Å². The van der Waals surface area contributed by atoms with Gasteiger partial charge >= 0.3 is 0 Å². The van der Waals surface area contributed by atoms with Crippen LogP contribution in [0.4, 0.5) is 4.39 Å². The topological polar surface area (TPSA) is 26.0 Å². The van der Waals surface area contributed by atoms with Crippen molar-refractivity contribution in [2.45, 2.75) is 13.0 Å². The molecule has 2 N–H and O–H groups in total. The van der Waals surface area contributed by atoms with Crippen LogP contribution in [0.15, 0.2) is 42.5 Å². The van der Waals surface area contributed by atoms with Crippen LogP contribution in [-0.2, 0) is 0 Å². The molecule has 0 aliphatic rings. The summed E-state index contributed by atoms with van der Waals surface area (Å²) in [6.07, 6.45) is 0. The van der Waals surface area contributed by atoms with Gasteiger partial charge in [0, 0.05) is 5.02 Å². The number of benzene rings is 2. The van der Waals surface area contributed by atoms with E-state index in [2.05, 4.69) is 0 Å². The highest BCUT2D eigenvalue weighted by Crippen LogP contribution is 2.27. The fourth-order valence-corrected chi connectivity index (χ4v) is 2.02. The van der Waals surface area contributed by atoms with E-state index in [4.69, 9.17) is 17.3 Å². The van der Waals surface area contributed by atoms with Crippen molar-refractivity contribution < 1.29 is 4.39 Å². The Hall–Kier alpha value is -1.38. The van der Waals surface area contributed by atoms with Gasteiger partial charge in [-0.05, 0) is 35.7 Å². The third kappa shape index (κ3) is 2.48. The summed E-state index contributed by atoms with van der Waals surface area (Å²) < 4.78 is 13.2. The molecule has 0 bridgehead atoms. The highest BCUT2D eigenvalue weighted by Gasteiger charge is 2.12. The second-order valence-electron chi connectivity index (χ2n) is 4.01. The van der Waals surface area contributed by atoms with Gasteiger partial charge < -0.3 is 5.73 Å². The van der Waals surface area contributed by atoms with Crippen molar-refractivity contribution in [3.05, 3.63) is 70.0 Å². The van der Waals surface area contributed by atoms with Gasteiger partial charge in [-0.15, -0.1) is 0 Å². The average molecular weight is 250 g/mol. The van der Waals surface area contributed by atoms with Crippen molar-refractivity contribution in [1.29, 1.82) is 0 Å². The summed E-state index contributed by atoms with van der Waals surface area (Å²) in [6, 6.07) is 12.0. The minimum atomic E-state index is -0.331. The first-order chi connectivity index (χ1) is 8.09. The van der Waals surface area contributed by atoms with Gasteiger partial charge in [-0.1, -0.05) is 41.9 Å². The summed E-state index contributed by atoms with van der Waals surface area (Å²) in [5.74, 6) is -0.222. The highest BCUT2D eigenvalue weighted by atomic mass is 35.5. The lowest BCUT2D eigenvalue weighted by Gasteiger charge is -2.14. The van der Waals surface area contributed by atoms with Crippen molar-refractivity contribution in [2.75, 3.05) is 0 Å². The van der Waals surface area contributed by atoms with Gasteiger partial charge in [0.15, 0.2) is 0 Å². The van der Waals surface area contributed by atoms with Crippen LogP contribution in [-0.4, -0.2) is 0 Å². The smallest absolute Gasteiger partial charge is 0.126 e. The minimum absolute atomic E-state index is 0.222. The van der Waals surface area contributed by atoms with Gasteiger partial charge in [0.1, 0.15) is 5.82 Å². The first kappa shape index (κ1) is 12.1. The van der Waals surface area contributed by atoms with Gasteiger partial charge in [-0.25, -0.2) is 4.39 Å². The molecule has 2 aromatic rings. The summed E-state index contributed by atoms with van der Waals surface area (Å²) in [6.45, 7) is 1.72. The fourth-order valence-electron chi connectivity index (χ4n) is 1.77. The van der Waals surface area contributed by atoms with E-state index >= 15 is 0 Å². The van der Waals surface area contributed by atoms with E-state index in [-0.39, 0.29) is 11.9 Å². The molecule has 3 heteroatoms. The van der Waals surface area contributed by atoms with E-state index in [0.717, 1.165) is 11.1 Å². The quantitative estimate of drug-likeness (QED) is 0.860. The summed E-state index contributed by atoms with van der Waals surface area (Å²) in [4.78, 5) is 0.